The van der Waals surface area contributed by atoms with Crippen molar-refractivity contribution in [2.24, 2.45) is 5.41 Å². The van der Waals surface area contributed by atoms with Gasteiger partial charge in [0, 0.05) is 24.6 Å². The first-order valence-corrected chi connectivity index (χ1v) is 6.70. The Balaban J connectivity index is 1.95. The van der Waals surface area contributed by atoms with E-state index in [2.05, 4.69) is 5.32 Å². The first kappa shape index (κ1) is 14.2. The molecule has 1 aliphatic carbocycles. The normalized spacial score (nSPS) is 16.7. The summed E-state index contributed by atoms with van der Waals surface area (Å²) in [7, 11) is 1.68. The highest BCUT2D eigenvalue weighted by molar-refractivity contribution is 6.32. The lowest BCUT2D eigenvalue weighted by atomic mass is 9.69. The van der Waals surface area contributed by atoms with Crippen LogP contribution in [0.2, 0.25) is 5.02 Å². The van der Waals surface area contributed by atoms with Gasteiger partial charge >= 0.3 is 0 Å². The van der Waals surface area contributed by atoms with Gasteiger partial charge in [-0.15, -0.1) is 0 Å². The Bertz CT molecular complexity index is 472. The van der Waals surface area contributed by atoms with Crippen LogP contribution in [0.1, 0.15) is 29.6 Å². The molecule has 1 fully saturated rings. The van der Waals surface area contributed by atoms with Gasteiger partial charge in [0.2, 0.25) is 0 Å². The summed E-state index contributed by atoms with van der Waals surface area (Å²) in [5, 5.41) is 12.4. The van der Waals surface area contributed by atoms with Crippen molar-refractivity contribution in [3.8, 4) is 5.75 Å². The number of aromatic hydroxyl groups is 1. The topological polar surface area (TPSA) is 58.6 Å². The van der Waals surface area contributed by atoms with Gasteiger partial charge in [-0.2, -0.15) is 0 Å². The third kappa shape index (κ3) is 3.19. The minimum atomic E-state index is -0.177. The number of hydrogen-bond donors (Lipinski definition) is 2. The second-order valence-electron chi connectivity index (χ2n) is 5.14. The van der Waals surface area contributed by atoms with Gasteiger partial charge in [-0.1, -0.05) is 18.0 Å². The molecule has 4 nitrogen and oxygen atoms in total. The molecule has 0 aliphatic heterocycles. The fourth-order valence-corrected chi connectivity index (χ4v) is 2.55. The van der Waals surface area contributed by atoms with Gasteiger partial charge in [0.05, 0.1) is 11.6 Å². The summed E-state index contributed by atoms with van der Waals surface area (Å²) in [6.07, 6.45) is 3.35. The number of carbonyl (C=O) groups excluding carboxylic acids is 1. The van der Waals surface area contributed by atoms with Crippen LogP contribution in [-0.4, -0.2) is 31.3 Å². The van der Waals surface area contributed by atoms with E-state index in [-0.39, 0.29) is 22.1 Å². The summed E-state index contributed by atoms with van der Waals surface area (Å²) in [5.74, 6) is -0.197. The molecule has 1 amide bonds. The van der Waals surface area contributed by atoms with Crippen LogP contribution in [-0.2, 0) is 4.74 Å². The number of amides is 1. The van der Waals surface area contributed by atoms with E-state index < -0.39 is 0 Å². The molecule has 1 aliphatic rings. The zero-order valence-electron chi connectivity index (χ0n) is 10.9. The van der Waals surface area contributed by atoms with E-state index in [9.17, 15) is 9.90 Å². The van der Waals surface area contributed by atoms with E-state index in [0.29, 0.717) is 18.7 Å². The van der Waals surface area contributed by atoms with Gasteiger partial charge in [0.1, 0.15) is 5.75 Å². The highest BCUT2D eigenvalue weighted by Crippen LogP contribution is 2.40. The maximum atomic E-state index is 12.0. The van der Waals surface area contributed by atoms with Crippen LogP contribution in [0.5, 0.6) is 5.75 Å². The summed E-state index contributed by atoms with van der Waals surface area (Å²) in [6, 6.07) is 4.45. The Morgan fingerprint density at radius 1 is 1.53 bits per heavy atom. The molecule has 0 atom stereocenters. The second-order valence-corrected chi connectivity index (χ2v) is 5.54. The lowest BCUT2D eigenvalue weighted by Crippen LogP contribution is -2.45. The van der Waals surface area contributed by atoms with Crippen LogP contribution < -0.4 is 5.32 Å². The van der Waals surface area contributed by atoms with Gasteiger partial charge in [-0.3, -0.25) is 4.79 Å². The number of phenolic OH excluding ortho intramolecular Hbond substituents is 1. The maximum absolute atomic E-state index is 12.0. The summed E-state index contributed by atoms with van der Waals surface area (Å²) in [6.45, 7) is 1.28. The lowest BCUT2D eigenvalue weighted by molar-refractivity contribution is 0.0180. The molecule has 0 spiro atoms. The van der Waals surface area contributed by atoms with Gasteiger partial charge in [0.25, 0.3) is 5.91 Å². The van der Waals surface area contributed by atoms with Crippen molar-refractivity contribution in [3.63, 3.8) is 0 Å². The fraction of sp³-hybridized carbons (Fsp3) is 0.500. The molecule has 0 radical (unpaired) electrons. The van der Waals surface area contributed by atoms with Crippen LogP contribution in [0, 0.1) is 5.41 Å². The van der Waals surface area contributed by atoms with Crippen molar-refractivity contribution >= 4 is 17.5 Å². The molecule has 104 valence electrons. The van der Waals surface area contributed by atoms with Crippen molar-refractivity contribution in [3.05, 3.63) is 28.8 Å². The highest BCUT2D eigenvalue weighted by Gasteiger charge is 2.37. The maximum Gasteiger partial charge on any atom is 0.251 e. The fourth-order valence-electron chi connectivity index (χ4n) is 2.37. The van der Waals surface area contributed by atoms with Crippen molar-refractivity contribution in [2.45, 2.75) is 19.3 Å². The lowest BCUT2D eigenvalue weighted by Gasteiger charge is -2.41. The number of benzene rings is 1. The number of ether oxygens (including phenoxy) is 1. The van der Waals surface area contributed by atoms with Crippen LogP contribution >= 0.6 is 11.6 Å². The SMILES string of the molecule is COCC1(CNC(=O)c2ccc(O)c(Cl)c2)CCC1. The molecular weight excluding hydrogens is 266 g/mol. The van der Waals surface area contributed by atoms with Crippen molar-refractivity contribution in [2.75, 3.05) is 20.3 Å². The molecule has 0 bridgehead atoms. The average molecular weight is 284 g/mol. The van der Waals surface area contributed by atoms with E-state index >= 15 is 0 Å². The summed E-state index contributed by atoms with van der Waals surface area (Å²) >= 11 is 5.79. The number of hydrogen-bond acceptors (Lipinski definition) is 3. The number of carbonyl (C=O) groups is 1. The Kier molecular flexibility index (Phi) is 4.32. The van der Waals surface area contributed by atoms with Crippen LogP contribution in [0.25, 0.3) is 0 Å². The standard InChI is InChI=1S/C14H18ClNO3/c1-19-9-14(5-2-6-14)8-16-13(18)10-3-4-12(17)11(15)7-10/h3-4,7,17H,2,5-6,8-9H2,1H3,(H,16,18). The highest BCUT2D eigenvalue weighted by atomic mass is 35.5. The second kappa shape index (κ2) is 5.80. The largest absolute Gasteiger partial charge is 0.506 e. The zero-order valence-corrected chi connectivity index (χ0v) is 11.7. The predicted molar refractivity (Wildman–Crippen MR) is 73.6 cm³/mol. The Morgan fingerprint density at radius 2 is 2.26 bits per heavy atom. The molecule has 0 aromatic heterocycles. The van der Waals surface area contributed by atoms with E-state index in [1.54, 1.807) is 13.2 Å². The molecule has 19 heavy (non-hydrogen) atoms. The van der Waals surface area contributed by atoms with Crippen LogP contribution in [0.3, 0.4) is 0 Å². The number of halogens is 1. The Hall–Kier alpha value is -1.26. The van der Waals surface area contributed by atoms with Crippen molar-refractivity contribution < 1.29 is 14.6 Å². The van der Waals surface area contributed by atoms with E-state index in [0.717, 1.165) is 12.8 Å². The quantitative estimate of drug-likeness (QED) is 0.873. The summed E-state index contributed by atoms with van der Waals surface area (Å²) in [5.41, 5.74) is 0.542. The molecule has 2 rings (SSSR count). The van der Waals surface area contributed by atoms with E-state index in [1.165, 1.54) is 18.6 Å². The third-order valence-corrected chi connectivity index (χ3v) is 4.00. The molecule has 1 aromatic rings. The van der Waals surface area contributed by atoms with Gasteiger partial charge in [-0.25, -0.2) is 0 Å². The minimum Gasteiger partial charge on any atom is -0.506 e. The van der Waals surface area contributed by atoms with Crippen molar-refractivity contribution in [1.82, 2.24) is 5.32 Å². The number of nitrogens with one attached hydrogen (secondary N) is 1. The molecule has 0 saturated heterocycles. The van der Waals surface area contributed by atoms with E-state index in [1.807, 2.05) is 0 Å². The first-order chi connectivity index (χ1) is 9.06. The minimum absolute atomic E-state index is 0.0203. The Labute approximate surface area is 117 Å². The summed E-state index contributed by atoms with van der Waals surface area (Å²) in [4.78, 5) is 12.0. The number of rotatable bonds is 5. The zero-order chi connectivity index (χ0) is 13.9. The van der Waals surface area contributed by atoms with Crippen LogP contribution in [0.4, 0.5) is 0 Å². The first-order valence-electron chi connectivity index (χ1n) is 6.32. The monoisotopic (exact) mass is 283 g/mol. The molecule has 2 N–H and O–H groups in total. The molecule has 0 unspecified atom stereocenters. The molecule has 1 saturated carbocycles. The number of methoxy groups -OCH3 is 1. The molecular formula is C14H18ClNO3. The molecule has 0 heterocycles. The van der Waals surface area contributed by atoms with Gasteiger partial charge in [0.15, 0.2) is 0 Å². The summed E-state index contributed by atoms with van der Waals surface area (Å²) < 4.78 is 5.22. The molecule has 5 heteroatoms. The smallest absolute Gasteiger partial charge is 0.251 e. The average Bonchev–Trinajstić information content (AvgIpc) is 2.35. The van der Waals surface area contributed by atoms with E-state index in [4.69, 9.17) is 16.3 Å². The third-order valence-electron chi connectivity index (χ3n) is 3.70. The van der Waals surface area contributed by atoms with Crippen LogP contribution in [0.15, 0.2) is 18.2 Å². The molecule has 1 aromatic carbocycles. The number of phenols is 1. The Morgan fingerprint density at radius 3 is 2.79 bits per heavy atom. The predicted octanol–water partition coefficient (Wildman–Crippen LogP) is 2.59. The van der Waals surface area contributed by atoms with Gasteiger partial charge < -0.3 is 15.2 Å². The van der Waals surface area contributed by atoms with Crippen molar-refractivity contribution in [1.29, 1.82) is 0 Å². The van der Waals surface area contributed by atoms with Gasteiger partial charge in [-0.05, 0) is 31.0 Å².